The molecule has 81 heavy (non-hydrogen) atoms. The van der Waals surface area contributed by atoms with Crippen LogP contribution in [0.15, 0.2) is 170 Å². The zero-order valence-electron chi connectivity index (χ0n) is 50.9. The quantitative estimate of drug-likeness (QED) is 0.0815. The molecule has 1 aliphatic carbocycles. The molecular weight excluding hydrogens is 978 g/mol. The molecule has 0 saturated heterocycles. The Kier molecular flexibility index (Phi) is 15.3. The molecule has 4 heteroatoms. The summed E-state index contributed by atoms with van der Waals surface area (Å²) in [5.41, 5.74) is 27.4. The molecule has 3 nitrogen and oxygen atoms in total. The van der Waals surface area contributed by atoms with Crippen molar-refractivity contribution in [1.82, 2.24) is 0 Å². The molecule has 2 aliphatic rings. The minimum Gasteiger partial charge on any atom is -0.355 e. The Morgan fingerprint density at radius 2 is 1.21 bits per heavy atom. The molecule has 0 unspecified atom stereocenters. The van der Waals surface area contributed by atoms with Crippen LogP contribution >= 0.6 is 0 Å². The van der Waals surface area contributed by atoms with Crippen molar-refractivity contribution in [3.8, 4) is 22.3 Å². The van der Waals surface area contributed by atoms with Gasteiger partial charge in [0.1, 0.15) is 0 Å². The number of hydrogen-bond donors (Lipinski definition) is 1. The molecule has 9 aromatic carbocycles. The topological polar surface area (TPSA) is 18.5 Å². The fraction of sp³-hybridized carbons (Fsp3) is 0.325. The van der Waals surface area contributed by atoms with Crippen molar-refractivity contribution in [2.24, 2.45) is 0 Å². The smallest absolute Gasteiger partial charge is 0.197 e. The minimum absolute atomic E-state index is 0.00499. The van der Waals surface area contributed by atoms with Crippen LogP contribution in [-0.2, 0) is 22.7 Å². The van der Waals surface area contributed by atoms with E-state index >= 15 is 0 Å². The van der Waals surface area contributed by atoms with Gasteiger partial charge in [0.25, 0.3) is 0 Å². The first-order valence-corrected chi connectivity index (χ1v) is 30.4. The predicted octanol–water partition coefficient (Wildman–Crippen LogP) is 21.0. The van der Waals surface area contributed by atoms with Crippen molar-refractivity contribution in [2.75, 3.05) is 15.1 Å². The van der Waals surface area contributed by atoms with Crippen molar-refractivity contribution in [3.63, 3.8) is 0 Å². The Bertz CT molecular complexity index is 3740. The predicted molar refractivity (Wildman–Crippen MR) is 354 cm³/mol. The first-order valence-electron chi connectivity index (χ1n) is 30.4. The van der Waals surface area contributed by atoms with Gasteiger partial charge in [-0.1, -0.05) is 185 Å². The lowest BCUT2D eigenvalue weighted by atomic mass is 9.57. The summed E-state index contributed by atoms with van der Waals surface area (Å²) in [6, 6.07) is 65.7. The van der Waals surface area contributed by atoms with E-state index in [-0.39, 0.29) is 16.2 Å². The lowest BCUT2D eigenvalue weighted by molar-refractivity contribution is 0.332. The third kappa shape index (κ3) is 11.0. The summed E-state index contributed by atoms with van der Waals surface area (Å²) in [4.78, 5) is 5.15. The summed E-state index contributed by atoms with van der Waals surface area (Å²) in [6.45, 7) is 30.5. The van der Waals surface area contributed by atoms with Crippen LogP contribution in [0.5, 0.6) is 0 Å². The Hall–Kier alpha value is -7.30. The number of aryl methyl sites for hydroxylation is 4. The maximum atomic E-state index is 4.00. The fourth-order valence-electron chi connectivity index (χ4n) is 13.3. The van der Waals surface area contributed by atoms with E-state index in [0.29, 0.717) is 5.92 Å². The molecule has 1 atom stereocenters. The summed E-state index contributed by atoms with van der Waals surface area (Å²) < 4.78 is 0. The molecule has 0 amide bonds. The van der Waals surface area contributed by atoms with Gasteiger partial charge in [-0.25, -0.2) is 0 Å². The molecule has 411 valence electrons. The Balaban J connectivity index is 1.18. The molecule has 0 bridgehead atoms. The first kappa shape index (κ1) is 55.6. The number of hydrogen-bond acceptors (Lipinski definition) is 3. The Morgan fingerprint density at radius 3 is 1.85 bits per heavy atom. The van der Waals surface area contributed by atoms with Gasteiger partial charge >= 0.3 is 0 Å². The number of fused-ring (bicyclic) bond motifs is 4. The van der Waals surface area contributed by atoms with Gasteiger partial charge in [0.2, 0.25) is 0 Å². The average molecular weight is 1060 g/mol. The van der Waals surface area contributed by atoms with Gasteiger partial charge in [0.05, 0.1) is 0 Å². The van der Waals surface area contributed by atoms with Gasteiger partial charge in [-0.05, 0) is 231 Å². The summed E-state index contributed by atoms with van der Waals surface area (Å²) in [5, 5.41) is 6.42. The summed E-state index contributed by atoms with van der Waals surface area (Å²) >= 11 is 0. The number of nitrogens with one attached hydrogen (secondary N) is 1. The van der Waals surface area contributed by atoms with Crippen LogP contribution in [-0.4, -0.2) is 7.28 Å². The highest BCUT2D eigenvalue weighted by Gasteiger charge is 2.39. The highest BCUT2D eigenvalue weighted by atomic mass is 15.2. The van der Waals surface area contributed by atoms with Crippen molar-refractivity contribution in [3.05, 3.63) is 214 Å². The van der Waals surface area contributed by atoms with E-state index in [2.05, 4.69) is 282 Å². The highest BCUT2D eigenvalue weighted by Crippen LogP contribution is 2.51. The lowest BCUT2D eigenvalue weighted by Gasteiger charge is -2.44. The van der Waals surface area contributed by atoms with Crippen molar-refractivity contribution >= 4 is 74.5 Å². The summed E-state index contributed by atoms with van der Waals surface area (Å²) in [7, 11) is 2.49. The molecule has 1 radical (unpaired) electrons. The van der Waals surface area contributed by atoms with Gasteiger partial charge in [-0.2, -0.15) is 0 Å². The van der Waals surface area contributed by atoms with Crippen LogP contribution in [0.25, 0.3) is 33.0 Å². The maximum absolute atomic E-state index is 4.00. The molecule has 0 aromatic heterocycles. The monoisotopic (exact) mass is 1060 g/mol. The zero-order chi connectivity index (χ0) is 57.0. The molecule has 1 heterocycles. The van der Waals surface area contributed by atoms with E-state index in [1.54, 1.807) is 0 Å². The van der Waals surface area contributed by atoms with Crippen molar-refractivity contribution < 1.29 is 0 Å². The van der Waals surface area contributed by atoms with Gasteiger partial charge < -0.3 is 15.1 Å². The van der Waals surface area contributed by atoms with Crippen molar-refractivity contribution in [1.29, 1.82) is 0 Å². The van der Waals surface area contributed by atoms with Crippen LogP contribution in [0.4, 0.5) is 45.5 Å². The molecule has 1 aliphatic heterocycles. The van der Waals surface area contributed by atoms with E-state index in [1.165, 1.54) is 144 Å². The highest BCUT2D eigenvalue weighted by molar-refractivity contribution is 6.73. The fourth-order valence-corrected chi connectivity index (χ4v) is 13.3. The number of benzene rings is 9. The number of unbranched alkanes of at least 4 members (excludes halogenated alkanes) is 2. The van der Waals surface area contributed by atoms with Crippen LogP contribution in [0, 0.1) is 20.8 Å². The zero-order valence-corrected chi connectivity index (χ0v) is 50.9. The number of nitrogens with zero attached hydrogens (tertiary/aromatic N) is 2. The van der Waals surface area contributed by atoms with Gasteiger partial charge in [-0.15, -0.1) is 0 Å². The third-order valence-electron chi connectivity index (χ3n) is 18.3. The van der Waals surface area contributed by atoms with Gasteiger partial charge in [0.15, 0.2) is 7.28 Å². The van der Waals surface area contributed by atoms with E-state index in [4.69, 9.17) is 0 Å². The van der Waals surface area contributed by atoms with E-state index in [0.717, 1.165) is 41.3 Å². The van der Waals surface area contributed by atoms with Gasteiger partial charge in [-0.3, -0.25) is 0 Å². The average Bonchev–Trinajstić information content (AvgIpc) is 2.80. The van der Waals surface area contributed by atoms with E-state index in [9.17, 15) is 0 Å². The van der Waals surface area contributed by atoms with Crippen LogP contribution in [0.3, 0.4) is 0 Å². The summed E-state index contributed by atoms with van der Waals surface area (Å²) in [6.07, 6.45) is 9.44. The molecule has 9 aromatic rings. The maximum Gasteiger partial charge on any atom is 0.197 e. The standard InChI is InChI=1S/C77H85BN3/c1-14-16-17-24-54-27-35-61(36-28-54)80(62-37-29-55(30-38-62)50(3)21-15-2)63-39-40-68-71(48-63)81(70-49-67-66(43-53(70)6)76(10,11)41-42-77(67,12)13)72-47-58(73-51(4)22-20-23-52(73)5)45-65(74(72)78-68)64-44-56-25-18-19-26-57(56)46-69(64)79-60-33-31-59(32-34-60)75(7,8)9/h18-20,22-23,25-40,43-50,79H,14-17,21,24,41-42H2,1-13H3/t50-/m0/s1. The first-order chi connectivity index (χ1) is 38.8. The summed E-state index contributed by atoms with van der Waals surface area (Å²) in [5.74, 6) is 0.503. The minimum atomic E-state index is 0.00499. The molecule has 0 spiro atoms. The van der Waals surface area contributed by atoms with Gasteiger partial charge in [0, 0.05) is 51.1 Å². The second-order valence-corrected chi connectivity index (χ2v) is 26.3. The molecule has 0 saturated carbocycles. The Morgan fingerprint density at radius 1 is 0.580 bits per heavy atom. The largest absolute Gasteiger partial charge is 0.355 e. The molecular formula is C77H85BN3. The number of anilines is 8. The molecule has 0 fully saturated rings. The second-order valence-electron chi connectivity index (χ2n) is 26.3. The Labute approximate surface area is 487 Å². The third-order valence-corrected chi connectivity index (χ3v) is 18.3. The number of rotatable bonds is 15. The normalized spacial score (nSPS) is 14.7. The van der Waals surface area contributed by atoms with Crippen LogP contribution < -0.4 is 26.0 Å². The van der Waals surface area contributed by atoms with Crippen LogP contribution in [0.1, 0.15) is 165 Å². The van der Waals surface area contributed by atoms with E-state index in [1.807, 2.05) is 0 Å². The molecule has 11 rings (SSSR count). The lowest BCUT2D eigenvalue weighted by Crippen LogP contribution is -2.41. The SMILES string of the molecule is CCCCCc1ccc(N(c2ccc([C@@H](C)CCC)cc2)c2ccc3c(c2)N(c2cc4c(cc2C)C(C)(C)CCC4(C)C)c2cc(-c4c(C)cccc4C)cc(-c4cc5ccccc5cc4Nc4ccc(C(C)(C)C)cc4)c2[B]3)cc1. The van der Waals surface area contributed by atoms with Crippen LogP contribution in [0.2, 0.25) is 0 Å². The second kappa shape index (κ2) is 22.2. The molecule has 1 N–H and O–H groups in total. The van der Waals surface area contributed by atoms with Crippen molar-refractivity contribution in [2.45, 2.75) is 164 Å². The van der Waals surface area contributed by atoms with E-state index < -0.39 is 0 Å².